The van der Waals surface area contributed by atoms with Crippen LogP contribution in [-0.2, 0) is 10.1 Å². The van der Waals surface area contributed by atoms with Crippen LogP contribution in [-0.4, -0.2) is 33.8 Å². The van der Waals surface area contributed by atoms with Crippen molar-refractivity contribution >= 4 is 38.5 Å². The summed E-state index contributed by atoms with van der Waals surface area (Å²) in [6, 6.07) is 5.13. The number of aryl methyl sites for hydroxylation is 1. The van der Waals surface area contributed by atoms with E-state index in [1.807, 2.05) is 0 Å². The highest BCUT2D eigenvalue weighted by Crippen LogP contribution is 2.20. The summed E-state index contributed by atoms with van der Waals surface area (Å²) in [4.78, 5) is 11.6. The zero-order chi connectivity index (χ0) is 15.6. The molecule has 0 atom stereocenters. The maximum Gasteiger partial charge on any atom is 0.271 e. The molecule has 8 nitrogen and oxygen atoms in total. The summed E-state index contributed by atoms with van der Waals surface area (Å²) in [5, 5.41) is 7.81. The Morgan fingerprint density at radius 3 is 2.67 bits per heavy atom. The topological polar surface area (TPSA) is 117 Å². The van der Waals surface area contributed by atoms with E-state index in [4.69, 9.17) is 0 Å². The Morgan fingerprint density at radius 1 is 1.38 bits per heavy atom. The van der Waals surface area contributed by atoms with Crippen LogP contribution in [0.3, 0.4) is 0 Å². The fraction of sp³-hybridized carbons (Fsp3) is 0.100. The van der Waals surface area contributed by atoms with E-state index >= 15 is 0 Å². The molecule has 0 spiro atoms. The van der Waals surface area contributed by atoms with Gasteiger partial charge >= 0.3 is 0 Å². The maximum absolute atomic E-state index is 12.2. The molecule has 1 aromatic heterocycles. The van der Waals surface area contributed by atoms with Crippen LogP contribution >= 0.6 is 22.5 Å². The SMILES string of the molecule is Cc1nnc(SS)n1NC(=O)c1ccccc1S(=O)(=O)[O-]. The van der Waals surface area contributed by atoms with Gasteiger partial charge in [-0.25, -0.2) is 13.1 Å². The van der Waals surface area contributed by atoms with Crippen molar-refractivity contribution < 1.29 is 17.8 Å². The first-order valence-electron chi connectivity index (χ1n) is 5.44. The molecule has 0 unspecified atom stereocenters. The molecule has 0 saturated heterocycles. The van der Waals surface area contributed by atoms with Crippen molar-refractivity contribution in [1.82, 2.24) is 14.9 Å². The van der Waals surface area contributed by atoms with Gasteiger partial charge in [0.2, 0.25) is 5.16 Å². The highest BCUT2D eigenvalue weighted by atomic mass is 33.1. The lowest BCUT2D eigenvalue weighted by Gasteiger charge is -2.14. The van der Waals surface area contributed by atoms with Crippen molar-refractivity contribution in [2.24, 2.45) is 0 Å². The fourth-order valence-corrected chi connectivity index (χ4v) is 2.93. The van der Waals surface area contributed by atoms with Crippen molar-refractivity contribution in [2.45, 2.75) is 17.0 Å². The van der Waals surface area contributed by atoms with Gasteiger partial charge in [-0.05, 0) is 29.9 Å². The predicted octanol–water partition coefficient (Wildman–Crippen LogP) is 0.811. The zero-order valence-electron chi connectivity index (χ0n) is 10.5. The monoisotopic (exact) mass is 345 g/mol. The third kappa shape index (κ3) is 3.37. The lowest BCUT2D eigenvalue weighted by atomic mass is 10.2. The van der Waals surface area contributed by atoms with Gasteiger partial charge in [0, 0.05) is 0 Å². The Morgan fingerprint density at radius 2 is 2.05 bits per heavy atom. The van der Waals surface area contributed by atoms with Crippen molar-refractivity contribution in [1.29, 1.82) is 0 Å². The number of aromatic nitrogens is 3. The van der Waals surface area contributed by atoms with Crippen molar-refractivity contribution in [3.63, 3.8) is 0 Å². The van der Waals surface area contributed by atoms with Gasteiger partial charge in [-0.3, -0.25) is 10.2 Å². The molecule has 1 N–H and O–H groups in total. The minimum Gasteiger partial charge on any atom is -0.744 e. The molecule has 0 aliphatic heterocycles. The standard InChI is InChI=1S/C10H10N4O4S3/c1-6-11-12-10(20-19)14(6)13-9(15)7-4-2-3-5-8(7)21(16,17)18/h2-5,19H,1H3,(H,13,15)(H,16,17,18)/p-1. The summed E-state index contributed by atoms with van der Waals surface area (Å²) in [5.41, 5.74) is 2.16. The van der Waals surface area contributed by atoms with E-state index in [1.165, 1.54) is 22.9 Å². The summed E-state index contributed by atoms with van der Waals surface area (Å²) in [6.45, 7) is 1.59. The molecule has 0 aliphatic rings. The van der Waals surface area contributed by atoms with E-state index < -0.39 is 20.9 Å². The number of rotatable bonds is 4. The Hall–Kier alpha value is -1.56. The van der Waals surface area contributed by atoms with E-state index in [0.717, 1.165) is 16.9 Å². The largest absolute Gasteiger partial charge is 0.744 e. The third-order valence-electron chi connectivity index (χ3n) is 2.49. The predicted molar refractivity (Wildman–Crippen MR) is 77.7 cm³/mol. The van der Waals surface area contributed by atoms with Gasteiger partial charge in [-0.2, -0.15) is 0 Å². The molecule has 0 fully saturated rings. The normalized spacial score (nSPS) is 11.4. The Bertz CT molecular complexity index is 787. The van der Waals surface area contributed by atoms with E-state index in [9.17, 15) is 17.8 Å². The molecule has 0 saturated carbocycles. The summed E-state index contributed by atoms with van der Waals surface area (Å²) >= 11 is 3.97. The van der Waals surface area contributed by atoms with Gasteiger partial charge in [0.1, 0.15) is 15.9 Å². The van der Waals surface area contributed by atoms with Crippen LogP contribution in [0.2, 0.25) is 0 Å². The van der Waals surface area contributed by atoms with Crippen LogP contribution < -0.4 is 5.43 Å². The highest BCUT2D eigenvalue weighted by molar-refractivity contribution is 8.68. The van der Waals surface area contributed by atoms with Crippen molar-refractivity contribution in [2.75, 3.05) is 5.43 Å². The lowest BCUT2D eigenvalue weighted by molar-refractivity contribution is 0.100. The van der Waals surface area contributed by atoms with Crippen LogP contribution in [0.15, 0.2) is 34.3 Å². The first-order valence-corrected chi connectivity index (χ1v) is 8.72. The van der Waals surface area contributed by atoms with Crippen LogP contribution in [0.4, 0.5) is 0 Å². The molecule has 0 bridgehead atoms. The first kappa shape index (κ1) is 15.8. The average Bonchev–Trinajstić information content (AvgIpc) is 2.78. The van der Waals surface area contributed by atoms with Crippen LogP contribution in [0.25, 0.3) is 0 Å². The number of thiol groups is 1. The molecule has 11 heteroatoms. The number of nitrogens with zero attached hydrogens (tertiary/aromatic N) is 3. The Kier molecular flexibility index (Phi) is 4.56. The van der Waals surface area contributed by atoms with Gasteiger partial charge in [0.05, 0.1) is 10.5 Å². The van der Waals surface area contributed by atoms with E-state index in [1.54, 1.807) is 6.92 Å². The summed E-state index contributed by atoms with van der Waals surface area (Å²) in [7, 11) is -3.80. The van der Waals surface area contributed by atoms with Crippen molar-refractivity contribution in [3.8, 4) is 0 Å². The van der Waals surface area contributed by atoms with E-state index in [2.05, 4.69) is 27.3 Å². The second-order valence-electron chi connectivity index (χ2n) is 3.85. The molecule has 1 aromatic carbocycles. The summed E-state index contributed by atoms with van der Waals surface area (Å²) < 4.78 is 34.7. The average molecular weight is 345 g/mol. The van der Waals surface area contributed by atoms with Crippen LogP contribution in [0.5, 0.6) is 0 Å². The van der Waals surface area contributed by atoms with Crippen LogP contribution in [0, 0.1) is 6.92 Å². The van der Waals surface area contributed by atoms with Crippen molar-refractivity contribution in [3.05, 3.63) is 35.7 Å². The molecule has 21 heavy (non-hydrogen) atoms. The number of carbonyl (C=O) groups is 1. The maximum atomic E-state index is 12.2. The van der Waals surface area contributed by atoms with Gasteiger partial charge in [0.15, 0.2) is 0 Å². The van der Waals surface area contributed by atoms with E-state index in [-0.39, 0.29) is 5.56 Å². The molecular weight excluding hydrogens is 336 g/mol. The van der Waals surface area contributed by atoms with Gasteiger partial charge in [0.25, 0.3) is 5.91 Å². The number of amides is 1. The Balaban J connectivity index is 2.40. The molecule has 0 radical (unpaired) electrons. The minimum atomic E-state index is -4.75. The molecule has 2 rings (SSSR count). The smallest absolute Gasteiger partial charge is 0.271 e. The van der Waals surface area contributed by atoms with E-state index in [0.29, 0.717) is 11.0 Å². The quantitative estimate of drug-likeness (QED) is 0.478. The second-order valence-corrected chi connectivity index (χ2v) is 6.29. The lowest BCUT2D eigenvalue weighted by Crippen LogP contribution is -2.26. The molecule has 1 heterocycles. The molecule has 0 aliphatic carbocycles. The van der Waals surface area contributed by atoms with Gasteiger partial charge in [-0.1, -0.05) is 12.1 Å². The Labute approximate surface area is 129 Å². The fourth-order valence-electron chi connectivity index (χ4n) is 1.56. The molecule has 1 amide bonds. The number of hydrogen-bond acceptors (Lipinski definition) is 8. The molecule has 112 valence electrons. The second kappa shape index (κ2) is 6.05. The summed E-state index contributed by atoms with van der Waals surface area (Å²) in [5.74, 6) is -0.390. The first-order chi connectivity index (χ1) is 9.84. The highest BCUT2D eigenvalue weighted by Gasteiger charge is 2.17. The molecule has 2 aromatic rings. The van der Waals surface area contributed by atoms with Gasteiger partial charge < -0.3 is 4.55 Å². The van der Waals surface area contributed by atoms with Crippen LogP contribution in [0.1, 0.15) is 16.2 Å². The summed E-state index contributed by atoms with van der Waals surface area (Å²) in [6.07, 6.45) is 0. The number of carbonyl (C=O) groups excluding carboxylic acids is 1. The number of benzene rings is 1. The molecular formula is C10H9N4O4S3-. The van der Waals surface area contributed by atoms with Gasteiger partial charge in [-0.15, -0.1) is 21.9 Å². The number of hydrogen-bond donors (Lipinski definition) is 2. The third-order valence-corrected chi connectivity index (χ3v) is 4.30. The zero-order valence-corrected chi connectivity index (χ0v) is 13.1. The number of nitrogens with one attached hydrogen (secondary N) is 1. The minimum absolute atomic E-state index is 0.254.